The van der Waals surface area contributed by atoms with Crippen LogP contribution in [0.4, 0.5) is 10.5 Å². The van der Waals surface area contributed by atoms with Gasteiger partial charge in [-0.15, -0.1) is 0 Å². The van der Waals surface area contributed by atoms with Crippen molar-refractivity contribution in [2.75, 3.05) is 11.9 Å². The number of hydrogen-bond acceptors (Lipinski definition) is 5. The summed E-state index contributed by atoms with van der Waals surface area (Å²) < 4.78 is 5.77. The summed E-state index contributed by atoms with van der Waals surface area (Å²) in [6.45, 7) is 1.79. The maximum absolute atomic E-state index is 12.7. The van der Waals surface area contributed by atoms with E-state index in [2.05, 4.69) is 5.32 Å². The number of nitrogens with zero attached hydrogens (tertiary/aromatic N) is 1. The van der Waals surface area contributed by atoms with Crippen LogP contribution in [0.25, 0.3) is 6.08 Å². The molecule has 0 spiro atoms. The van der Waals surface area contributed by atoms with Crippen LogP contribution in [0.2, 0.25) is 10.0 Å². The lowest BCUT2D eigenvalue weighted by atomic mass is 10.2. The van der Waals surface area contributed by atoms with Gasteiger partial charge in [0.05, 0.1) is 4.91 Å². The van der Waals surface area contributed by atoms with Crippen molar-refractivity contribution in [3.8, 4) is 5.75 Å². The van der Waals surface area contributed by atoms with Crippen LogP contribution in [0, 0.1) is 6.92 Å². The van der Waals surface area contributed by atoms with Crippen LogP contribution in [0.1, 0.15) is 16.7 Å². The van der Waals surface area contributed by atoms with Gasteiger partial charge in [0.25, 0.3) is 11.1 Å². The topological polar surface area (TPSA) is 75.7 Å². The molecule has 0 saturated carbocycles. The van der Waals surface area contributed by atoms with Gasteiger partial charge in [-0.1, -0.05) is 59.6 Å². The highest BCUT2D eigenvalue weighted by molar-refractivity contribution is 8.18. The number of imide groups is 1. The fraction of sp³-hybridized carbons (Fsp3) is 0.115. The molecule has 0 aromatic heterocycles. The Morgan fingerprint density at radius 3 is 2.49 bits per heavy atom. The predicted molar refractivity (Wildman–Crippen MR) is 140 cm³/mol. The third-order valence-corrected chi connectivity index (χ3v) is 6.84. The molecule has 3 amide bonds. The van der Waals surface area contributed by atoms with E-state index in [1.807, 2.05) is 25.1 Å². The number of hydrogen-bond donors (Lipinski definition) is 1. The summed E-state index contributed by atoms with van der Waals surface area (Å²) in [5, 5.41) is 3.30. The van der Waals surface area contributed by atoms with E-state index < -0.39 is 17.1 Å². The first-order chi connectivity index (χ1) is 16.8. The quantitative estimate of drug-likeness (QED) is 0.353. The third kappa shape index (κ3) is 6.25. The molecule has 9 heteroatoms. The smallest absolute Gasteiger partial charge is 0.294 e. The Morgan fingerprint density at radius 2 is 1.77 bits per heavy atom. The first-order valence-corrected chi connectivity index (χ1v) is 12.1. The second kappa shape index (κ2) is 11.0. The average molecular weight is 527 g/mol. The molecule has 178 valence electrons. The molecule has 1 N–H and O–H groups in total. The number of carbonyl (C=O) groups excluding carboxylic acids is 3. The van der Waals surface area contributed by atoms with Crippen molar-refractivity contribution in [2.24, 2.45) is 0 Å². The zero-order chi connectivity index (χ0) is 24.9. The molecule has 6 nitrogen and oxygen atoms in total. The van der Waals surface area contributed by atoms with E-state index in [0.29, 0.717) is 28.1 Å². The highest BCUT2D eigenvalue weighted by Crippen LogP contribution is 2.32. The summed E-state index contributed by atoms with van der Waals surface area (Å²) in [6.07, 6.45) is 1.61. The van der Waals surface area contributed by atoms with Crippen LogP contribution in [0.5, 0.6) is 5.75 Å². The summed E-state index contributed by atoms with van der Waals surface area (Å²) in [5.41, 5.74) is 2.96. The Bertz CT molecular complexity index is 1330. The number of halogens is 2. The van der Waals surface area contributed by atoms with Gasteiger partial charge in [-0.2, -0.15) is 0 Å². The highest BCUT2D eigenvalue weighted by atomic mass is 35.5. The van der Waals surface area contributed by atoms with Crippen molar-refractivity contribution >= 4 is 63.8 Å². The van der Waals surface area contributed by atoms with Crippen molar-refractivity contribution in [3.63, 3.8) is 0 Å². The Labute approximate surface area is 216 Å². The number of carbonyl (C=O) groups is 3. The van der Waals surface area contributed by atoms with E-state index in [1.165, 1.54) is 0 Å². The Morgan fingerprint density at radius 1 is 1.03 bits per heavy atom. The van der Waals surface area contributed by atoms with Crippen molar-refractivity contribution < 1.29 is 19.1 Å². The van der Waals surface area contributed by atoms with Crippen LogP contribution >= 0.6 is 35.0 Å². The lowest BCUT2D eigenvalue weighted by Gasteiger charge is -2.13. The Kier molecular flexibility index (Phi) is 7.80. The molecule has 35 heavy (non-hydrogen) atoms. The molecule has 1 heterocycles. The normalized spacial score (nSPS) is 14.5. The van der Waals surface area contributed by atoms with E-state index in [0.717, 1.165) is 33.4 Å². The van der Waals surface area contributed by atoms with Crippen molar-refractivity contribution in [2.45, 2.75) is 13.5 Å². The molecule has 0 bridgehead atoms. The summed E-state index contributed by atoms with van der Waals surface area (Å²) in [6, 6.07) is 19.6. The largest absolute Gasteiger partial charge is 0.489 e. The molecular formula is C26H20Cl2N2O4S. The molecule has 1 aliphatic rings. The zero-order valence-corrected chi connectivity index (χ0v) is 20.9. The molecular weight excluding hydrogens is 507 g/mol. The molecule has 3 aromatic rings. The molecule has 3 aromatic carbocycles. The molecule has 0 unspecified atom stereocenters. The number of rotatable bonds is 7. The SMILES string of the molecule is Cc1ccc(NC(=O)CN2C(=O)S/C(=C/c3ccc(OCc4ccccc4Cl)cc3)C2=O)cc1Cl. The van der Waals surface area contributed by atoms with Crippen LogP contribution in [-0.4, -0.2) is 28.5 Å². The highest BCUT2D eigenvalue weighted by Gasteiger charge is 2.36. The number of ether oxygens (including phenoxy) is 1. The number of aryl methyl sites for hydroxylation is 1. The molecule has 1 aliphatic heterocycles. The van der Waals surface area contributed by atoms with Gasteiger partial charge in [-0.25, -0.2) is 0 Å². The molecule has 0 aliphatic carbocycles. The maximum atomic E-state index is 12.7. The van der Waals surface area contributed by atoms with Gasteiger partial charge >= 0.3 is 0 Å². The number of nitrogens with one attached hydrogen (secondary N) is 1. The summed E-state index contributed by atoms with van der Waals surface area (Å²) in [4.78, 5) is 38.7. The van der Waals surface area contributed by atoms with E-state index in [4.69, 9.17) is 27.9 Å². The number of anilines is 1. The van der Waals surface area contributed by atoms with Gasteiger partial charge in [0.15, 0.2) is 0 Å². The standard InChI is InChI=1S/C26H20Cl2N2O4S/c1-16-6-9-19(13-22(16)28)29-24(31)14-30-25(32)23(35-26(30)33)12-17-7-10-20(11-8-17)34-15-18-4-2-3-5-21(18)27/h2-13H,14-15H2,1H3,(H,29,31)/b23-12+. The van der Waals surface area contributed by atoms with Gasteiger partial charge in [0.1, 0.15) is 18.9 Å². The molecule has 0 atom stereocenters. The fourth-order valence-corrected chi connectivity index (χ4v) is 4.45. The van der Waals surface area contributed by atoms with Gasteiger partial charge in [-0.3, -0.25) is 19.3 Å². The van der Waals surface area contributed by atoms with Crippen LogP contribution in [0.3, 0.4) is 0 Å². The monoisotopic (exact) mass is 526 g/mol. The number of amides is 3. The average Bonchev–Trinajstić information content (AvgIpc) is 3.09. The second-order valence-electron chi connectivity index (χ2n) is 7.73. The molecule has 0 radical (unpaired) electrons. The van der Waals surface area contributed by atoms with Gasteiger partial charge < -0.3 is 10.1 Å². The zero-order valence-electron chi connectivity index (χ0n) is 18.6. The summed E-state index contributed by atoms with van der Waals surface area (Å²) in [7, 11) is 0. The minimum atomic E-state index is -0.517. The van der Waals surface area contributed by atoms with Crippen LogP contribution < -0.4 is 10.1 Å². The predicted octanol–water partition coefficient (Wildman–Crippen LogP) is 6.56. The second-order valence-corrected chi connectivity index (χ2v) is 9.54. The minimum Gasteiger partial charge on any atom is -0.489 e. The molecule has 1 saturated heterocycles. The summed E-state index contributed by atoms with van der Waals surface area (Å²) in [5.74, 6) is -0.368. The maximum Gasteiger partial charge on any atom is 0.294 e. The fourth-order valence-electron chi connectivity index (χ4n) is 3.24. The Hall–Kier alpha value is -3.26. The van der Waals surface area contributed by atoms with Crippen LogP contribution in [-0.2, 0) is 16.2 Å². The third-order valence-electron chi connectivity index (χ3n) is 5.16. The van der Waals surface area contributed by atoms with Gasteiger partial charge in [0, 0.05) is 21.3 Å². The molecule has 1 fully saturated rings. The van der Waals surface area contributed by atoms with E-state index in [-0.39, 0.29) is 11.4 Å². The first kappa shape index (κ1) is 24.9. The van der Waals surface area contributed by atoms with Crippen LogP contribution in [0.15, 0.2) is 71.6 Å². The van der Waals surface area contributed by atoms with Crippen molar-refractivity contribution in [1.82, 2.24) is 4.90 Å². The number of benzene rings is 3. The lowest BCUT2D eigenvalue weighted by Crippen LogP contribution is -2.36. The van der Waals surface area contributed by atoms with E-state index >= 15 is 0 Å². The summed E-state index contributed by atoms with van der Waals surface area (Å²) >= 11 is 13.0. The van der Waals surface area contributed by atoms with Crippen molar-refractivity contribution in [1.29, 1.82) is 0 Å². The first-order valence-electron chi connectivity index (χ1n) is 10.6. The van der Waals surface area contributed by atoms with E-state index in [9.17, 15) is 14.4 Å². The minimum absolute atomic E-state index is 0.242. The van der Waals surface area contributed by atoms with Gasteiger partial charge in [0.2, 0.25) is 5.91 Å². The molecule has 4 rings (SSSR count). The Balaban J connectivity index is 1.36. The van der Waals surface area contributed by atoms with Crippen molar-refractivity contribution in [3.05, 3.63) is 98.4 Å². The van der Waals surface area contributed by atoms with E-state index in [1.54, 1.807) is 54.6 Å². The lowest BCUT2D eigenvalue weighted by molar-refractivity contribution is -0.127. The number of thioether (sulfide) groups is 1. The van der Waals surface area contributed by atoms with Gasteiger partial charge in [-0.05, 0) is 66.2 Å².